The predicted octanol–water partition coefficient (Wildman–Crippen LogP) is 2.83. The Morgan fingerprint density at radius 1 is 1.08 bits per heavy atom. The number of Topliss-reactive ketones (excluding diaryl/α,β-unsaturated/α-hetero) is 1. The number of fused-ring (bicyclic) bond motifs is 7. The normalized spacial score (nSPS) is 24.4. The van der Waals surface area contributed by atoms with Gasteiger partial charge in [0.1, 0.15) is 11.0 Å². The molecule has 11 nitrogen and oxygen atoms in total. The number of nitrogens with zero attached hydrogens (tertiary/aromatic N) is 1. The van der Waals surface area contributed by atoms with E-state index >= 15 is 0 Å². The Bertz CT molecular complexity index is 1880. The van der Waals surface area contributed by atoms with E-state index in [0.29, 0.717) is 24.2 Å². The van der Waals surface area contributed by atoms with E-state index in [1.165, 1.54) is 6.08 Å². The third-order valence-corrected chi connectivity index (χ3v) is 9.32. The molecule has 2 atom stereocenters. The van der Waals surface area contributed by atoms with Gasteiger partial charge in [-0.25, -0.2) is 0 Å². The lowest BCUT2D eigenvalue weighted by atomic mass is 9.73. The molecule has 6 rings (SSSR count). The van der Waals surface area contributed by atoms with Crippen molar-refractivity contribution >= 4 is 48.4 Å². The number of rotatable bonds is 4. The molecule has 202 valence electrons. The highest BCUT2D eigenvalue weighted by molar-refractivity contribution is 7.93. The summed E-state index contributed by atoms with van der Waals surface area (Å²) in [6, 6.07) is 11.4. The molecular weight excluding hydrogens is 550 g/mol. The molecule has 0 amide bonds. The van der Waals surface area contributed by atoms with Crippen molar-refractivity contribution in [3.05, 3.63) is 86.5 Å². The van der Waals surface area contributed by atoms with Crippen LogP contribution in [0, 0.1) is 0 Å². The summed E-state index contributed by atoms with van der Waals surface area (Å²) in [5, 5.41) is 11.7. The van der Waals surface area contributed by atoms with Gasteiger partial charge in [0.25, 0.3) is 10.1 Å². The van der Waals surface area contributed by atoms with E-state index in [4.69, 9.17) is 4.74 Å². The lowest BCUT2D eigenvalue weighted by molar-refractivity contribution is -0.138. The number of ketones is 1. The van der Waals surface area contributed by atoms with Crippen LogP contribution in [0.3, 0.4) is 0 Å². The molecule has 2 aromatic carbocycles. The zero-order valence-corrected chi connectivity index (χ0v) is 21.9. The summed E-state index contributed by atoms with van der Waals surface area (Å²) >= 11 is 0. The average Bonchev–Trinajstić information content (AvgIpc) is 3.09. The number of carbonyl (C=O) groups is 2. The Balaban J connectivity index is 1.68. The molecule has 0 spiro atoms. The Morgan fingerprint density at radius 3 is 2.46 bits per heavy atom. The first-order valence-electron chi connectivity index (χ1n) is 11.8. The van der Waals surface area contributed by atoms with Gasteiger partial charge in [-0.3, -0.25) is 18.7 Å². The van der Waals surface area contributed by atoms with Gasteiger partial charge >= 0.3 is 16.1 Å². The number of allylic oxidation sites excluding steroid dienone is 4. The minimum Gasteiger partial charge on any atom is -0.483 e. The fourth-order valence-corrected chi connectivity index (χ4v) is 7.63. The van der Waals surface area contributed by atoms with Crippen molar-refractivity contribution in [2.45, 2.75) is 31.3 Å². The van der Waals surface area contributed by atoms with Crippen LogP contribution >= 0.6 is 0 Å². The monoisotopic (exact) mass is 571 g/mol. The number of aliphatic carboxylic acids is 1. The largest absolute Gasteiger partial charge is 0.483 e. The molecule has 0 radical (unpaired) electrons. The molecule has 0 bridgehead atoms. The lowest BCUT2D eigenvalue weighted by Crippen LogP contribution is -2.41. The summed E-state index contributed by atoms with van der Waals surface area (Å²) in [7, 11) is -10.4. The van der Waals surface area contributed by atoms with Gasteiger partial charge in [-0.05, 0) is 41.5 Å². The number of ether oxygens (including phenoxy) is 1. The first-order chi connectivity index (χ1) is 18.2. The molecule has 4 aliphatic rings. The zero-order valence-electron chi connectivity index (χ0n) is 20.3. The van der Waals surface area contributed by atoms with Crippen LogP contribution in [0.2, 0.25) is 0 Å². The van der Waals surface area contributed by atoms with Crippen LogP contribution in [0.15, 0.2) is 81.0 Å². The zero-order chi connectivity index (χ0) is 28.1. The van der Waals surface area contributed by atoms with E-state index in [2.05, 4.69) is 0 Å². The molecule has 39 heavy (non-hydrogen) atoms. The fraction of sp³-hybridized carbons (Fsp3) is 0.231. The van der Waals surface area contributed by atoms with Gasteiger partial charge in [-0.2, -0.15) is 16.8 Å². The number of carbonyl (C=O) groups excluding carboxylic acids is 1. The molecule has 0 saturated carbocycles. The molecule has 0 aromatic heterocycles. The topological polar surface area (TPSA) is 176 Å². The maximum Gasteiger partial charge on any atom is 0.304 e. The minimum absolute atomic E-state index is 0.172. The van der Waals surface area contributed by atoms with Crippen molar-refractivity contribution in [1.29, 1.82) is 0 Å². The summed E-state index contributed by atoms with van der Waals surface area (Å²) in [6.07, 6.45) is 1.42. The molecule has 13 heteroatoms. The van der Waals surface area contributed by atoms with E-state index < -0.39 is 59.1 Å². The van der Waals surface area contributed by atoms with Crippen molar-refractivity contribution in [1.82, 2.24) is 0 Å². The van der Waals surface area contributed by atoms with Gasteiger partial charge in [0.15, 0.2) is 10.7 Å². The molecule has 2 unspecified atom stereocenters. The highest BCUT2D eigenvalue weighted by Gasteiger charge is 2.52. The van der Waals surface area contributed by atoms with Gasteiger partial charge in [0, 0.05) is 40.9 Å². The van der Waals surface area contributed by atoms with Crippen molar-refractivity contribution in [3.63, 3.8) is 0 Å². The first-order valence-corrected chi connectivity index (χ1v) is 14.7. The number of hydrogen-bond acceptors (Lipinski definition) is 8. The van der Waals surface area contributed by atoms with Gasteiger partial charge < -0.3 is 14.7 Å². The van der Waals surface area contributed by atoms with Gasteiger partial charge in [-0.15, -0.1) is 0 Å². The Kier molecular flexibility index (Phi) is 5.30. The average molecular weight is 572 g/mol. The van der Waals surface area contributed by atoms with Crippen LogP contribution in [0.4, 0.5) is 5.69 Å². The van der Waals surface area contributed by atoms with Crippen LogP contribution in [-0.4, -0.2) is 55.4 Å². The lowest BCUT2D eigenvalue weighted by Gasteiger charge is -2.41. The highest BCUT2D eigenvalue weighted by atomic mass is 32.2. The number of benzene rings is 2. The van der Waals surface area contributed by atoms with Crippen LogP contribution in [0.1, 0.15) is 25.3 Å². The maximum absolute atomic E-state index is 12.7. The fourth-order valence-electron chi connectivity index (χ4n) is 6.20. The molecule has 3 heterocycles. The number of carboxylic acids is 1. The Hall–Kier alpha value is -3.78. The number of carboxylic acid groups (broad SMARTS) is 1. The van der Waals surface area contributed by atoms with Crippen LogP contribution in [0.25, 0.3) is 10.8 Å². The maximum atomic E-state index is 12.7. The number of hydrogen-bond donors (Lipinski definition) is 3. The second kappa shape index (κ2) is 8.11. The summed E-state index contributed by atoms with van der Waals surface area (Å²) in [5.74, 6) is -3.20. The summed E-state index contributed by atoms with van der Waals surface area (Å²) in [4.78, 5) is 24.4. The van der Waals surface area contributed by atoms with Gasteiger partial charge in [0.05, 0.1) is 6.42 Å². The second-order valence-electron chi connectivity index (χ2n) is 9.98. The molecule has 2 aromatic rings. The Morgan fingerprint density at radius 2 is 1.79 bits per heavy atom. The first kappa shape index (κ1) is 25.5. The van der Waals surface area contributed by atoms with Crippen LogP contribution < -0.4 is 4.90 Å². The van der Waals surface area contributed by atoms with Gasteiger partial charge in [-0.1, -0.05) is 30.3 Å². The molecule has 1 aliphatic carbocycles. The smallest absolute Gasteiger partial charge is 0.304 e. The predicted molar refractivity (Wildman–Crippen MR) is 139 cm³/mol. The van der Waals surface area contributed by atoms with Gasteiger partial charge in [0.2, 0.25) is 5.78 Å². The Labute approximate surface area is 222 Å². The van der Waals surface area contributed by atoms with E-state index in [9.17, 15) is 40.6 Å². The second-order valence-corrected chi connectivity index (χ2v) is 12.7. The minimum atomic E-state index is -5.26. The van der Waals surface area contributed by atoms with Crippen molar-refractivity contribution < 1.29 is 45.4 Å². The summed E-state index contributed by atoms with van der Waals surface area (Å²) in [6.45, 7) is 2.18. The van der Waals surface area contributed by atoms with Crippen molar-refractivity contribution in [2.75, 3.05) is 11.4 Å². The van der Waals surface area contributed by atoms with E-state index in [-0.39, 0.29) is 12.0 Å². The van der Waals surface area contributed by atoms with Crippen LogP contribution in [0.5, 0.6) is 0 Å². The van der Waals surface area contributed by atoms with Crippen molar-refractivity contribution in [3.8, 4) is 0 Å². The standard InChI is InChI=1S/C26H21NO10S2/c1-26(12-20(28)29)21-15-5-3-2-4-13(15)6-7-17(21)27-9-8-18-16(25(26)27)10-14-11-19(38(31,32)33)22(30)24(23(14)37-18)39(34,35)36/h2-7,10-11,18H,8-9,12H2,1H3,(H,28,29)(H,31,32,33)(H,34,35,36). The summed E-state index contributed by atoms with van der Waals surface area (Å²) in [5.41, 5.74) is 1.44. The molecule has 0 fully saturated rings. The van der Waals surface area contributed by atoms with E-state index in [1.807, 2.05) is 41.3 Å². The molecule has 3 aliphatic heterocycles. The SMILES string of the molecule is CC1(CC(=O)O)C2=C3C=C4C=C(S(=O)(=O)O)C(=O)C(S(=O)(=O)O)=C4OC3CCN2c2ccc3ccccc3c21. The summed E-state index contributed by atoms with van der Waals surface area (Å²) < 4.78 is 73.5. The van der Waals surface area contributed by atoms with Crippen LogP contribution in [-0.2, 0) is 40.0 Å². The van der Waals surface area contributed by atoms with E-state index in [1.54, 1.807) is 6.92 Å². The molecular formula is C26H21NO10S2. The quantitative estimate of drug-likeness (QED) is 0.460. The molecule has 3 N–H and O–H groups in total. The molecule has 0 saturated heterocycles. The third kappa shape index (κ3) is 3.68. The number of anilines is 1. The third-order valence-electron chi connectivity index (χ3n) is 7.57. The van der Waals surface area contributed by atoms with E-state index in [0.717, 1.165) is 28.1 Å². The highest BCUT2D eigenvalue weighted by Crippen LogP contribution is 2.56. The van der Waals surface area contributed by atoms with Crippen molar-refractivity contribution in [2.24, 2.45) is 0 Å².